The van der Waals surface area contributed by atoms with E-state index in [1.165, 1.54) is 37.7 Å². The fraction of sp³-hybridized carbons (Fsp3) is 0.647. The molecule has 0 aromatic heterocycles. The Kier molecular flexibility index (Phi) is 5.74. The molecule has 1 aromatic carbocycles. The van der Waals surface area contributed by atoms with Crippen LogP contribution in [0.5, 0.6) is 0 Å². The van der Waals surface area contributed by atoms with Crippen molar-refractivity contribution in [3.63, 3.8) is 0 Å². The molecule has 0 saturated heterocycles. The van der Waals surface area contributed by atoms with E-state index in [1.807, 2.05) is 0 Å². The van der Waals surface area contributed by atoms with Crippen LogP contribution in [-0.2, 0) is 6.42 Å². The highest BCUT2D eigenvalue weighted by atomic mass is 14.4. The van der Waals surface area contributed by atoms with Crippen LogP contribution >= 0.6 is 0 Å². The van der Waals surface area contributed by atoms with E-state index in [2.05, 4.69) is 58.0 Å². The SMILES string of the molecule is CCCC(CCC)(Cc1ccccc1)C(C)C. The molecule has 0 aliphatic rings. The molecule has 0 bridgehead atoms. The van der Waals surface area contributed by atoms with E-state index < -0.39 is 0 Å². The smallest absolute Gasteiger partial charge is 0.0220 e. The molecule has 17 heavy (non-hydrogen) atoms. The van der Waals surface area contributed by atoms with Crippen molar-refractivity contribution in [2.24, 2.45) is 11.3 Å². The second kappa shape index (κ2) is 6.83. The van der Waals surface area contributed by atoms with E-state index in [4.69, 9.17) is 0 Å². The Hall–Kier alpha value is -0.780. The number of hydrogen-bond donors (Lipinski definition) is 0. The molecule has 1 aromatic rings. The topological polar surface area (TPSA) is 0 Å². The van der Waals surface area contributed by atoms with Gasteiger partial charge in [-0.2, -0.15) is 0 Å². The summed E-state index contributed by atoms with van der Waals surface area (Å²) in [5.41, 5.74) is 2.01. The van der Waals surface area contributed by atoms with Crippen LogP contribution in [0.25, 0.3) is 0 Å². The maximum absolute atomic E-state index is 2.40. The molecular weight excluding hydrogens is 204 g/mol. The van der Waals surface area contributed by atoms with Gasteiger partial charge in [0.1, 0.15) is 0 Å². The van der Waals surface area contributed by atoms with Crippen molar-refractivity contribution in [3.8, 4) is 0 Å². The molecule has 0 nitrogen and oxygen atoms in total. The minimum atomic E-state index is 0.505. The van der Waals surface area contributed by atoms with Gasteiger partial charge in [0.2, 0.25) is 0 Å². The highest BCUT2D eigenvalue weighted by Gasteiger charge is 2.31. The van der Waals surface area contributed by atoms with E-state index in [0.29, 0.717) is 5.41 Å². The summed E-state index contributed by atoms with van der Waals surface area (Å²) in [5.74, 6) is 0.766. The Morgan fingerprint density at radius 2 is 1.47 bits per heavy atom. The average molecular weight is 232 g/mol. The maximum Gasteiger partial charge on any atom is -0.0220 e. The zero-order valence-corrected chi connectivity index (χ0v) is 12.0. The van der Waals surface area contributed by atoms with Gasteiger partial charge in [-0.05, 0) is 36.2 Å². The normalized spacial score (nSPS) is 12.1. The van der Waals surface area contributed by atoms with Crippen LogP contribution in [0, 0.1) is 11.3 Å². The Bertz CT molecular complexity index is 291. The molecule has 96 valence electrons. The summed E-state index contributed by atoms with van der Waals surface area (Å²) in [7, 11) is 0. The van der Waals surface area contributed by atoms with Gasteiger partial charge in [0.05, 0.1) is 0 Å². The van der Waals surface area contributed by atoms with E-state index in [9.17, 15) is 0 Å². The summed E-state index contributed by atoms with van der Waals surface area (Å²) in [4.78, 5) is 0. The summed E-state index contributed by atoms with van der Waals surface area (Å²) in [6, 6.07) is 11.0. The Labute approximate surface area is 107 Å². The highest BCUT2D eigenvalue weighted by molar-refractivity contribution is 5.16. The molecule has 0 radical (unpaired) electrons. The molecule has 0 atom stereocenters. The molecule has 0 N–H and O–H groups in total. The molecule has 0 aliphatic carbocycles. The van der Waals surface area contributed by atoms with Crippen molar-refractivity contribution in [3.05, 3.63) is 35.9 Å². The first kappa shape index (κ1) is 14.3. The van der Waals surface area contributed by atoms with Crippen LogP contribution in [-0.4, -0.2) is 0 Å². The van der Waals surface area contributed by atoms with Gasteiger partial charge in [-0.15, -0.1) is 0 Å². The zero-order chi connectivity index (χ0) is 12.7. The second-order valence-electron chi connectivity index (χ2n) is 5.68. The first-order chi connectivity index (χ1) is 8.14. The van der Waals surface area contributed by atoms with Gasteiger partial charge >= 0.3 is 0 Å². The number of benzene rings is 1. The molecule has 0 unspecified atom stereocenters. The van der Waals surface area contributed by atoms with Gasteiger partial charge in [-0.25, -0.2) is 0 Å². The predicted octanol–water partition coefficient (Wildman–Crippen LogP) is 5.47. The minimum absolute atomic E-state index is 0.505. The zero-order valence-electron chi connectivity index (χ0n) is 12.0. The van der Waals surface area contributed by atoms with Crippen molar-refractivity contribution >= 4 is 0 Å². The second-order valence-corrected chi connectivity index (χ2v) is 5.68. The predicted molar refractivity (Wildman–Crippen MR) is 77.2 cm³/mol. The van der Waals surface area contributed by atoms with Crippen LogP contribution in [0.3, 0.4) is 0 Å². The van der Waals surface area contributed by atoms with Crippen molar-refractivity contribution in [1.29, 1.82) is 0 Å². The fourth-order valence-corrected chi connectivity index (χ4v) is 3.08. The average Bonchev–Trinajstić information content (AvgIpc) is 2.30. The monoisotopic (exact) mass is 232 g/mol. The summed E-state index contributed by atoms with van der Waals surface area (Å²) in [6.45, 7) is 9.43. The third kappa shape index (κ3) is 3.87. The third-order valence-corrected chi connectivity index (χ3v) is 4.12. The third-order valence-electron chi connectivity index (χ3n) is 4.12. The summed E-state index contributed by atoms with van der Waals surface area (Å²) in [6.07, 6.45) is 6.55. The van der Waals surface area contributed by atoms with E-state index in [-0.39, 0.29) is 0 Å². The van der Waals surface area contributed by atoms with E-state index in [1.54, 1.807) is 0 Å². The minimum Gasteiger partial charge on any atom is -0.0654 e. The lowest BCUT2D eigenvalue weighted by atomic mass is 9.67. The first-order valence-corrected chi connectivity index (χ1v) is 7.18. The highest BCUT2D eigenvalue weighted by Crippen LogP contribution is 2.40. The molecular formula is C17H28. The Balaban J connectivity index is 2.88. The fourth-order valence-electron chi connectivity index (χ4n) is 3.08. The molecule has 0 heteroatoms. The van der Waals surface area contributed by atoms with Crippen molar-refractivity contribution in [2.75, 3.05) is 0 Å². The lowest BCUT2D eigenvalue weighted by molar-refractivity contribution is 0.149. The lowest BCUT2D eigenvalue weighted by Gasteiger charge is -2.38. The van der Waals surface area contributed by atoms with Crippen molar-refractivity contribution < 1.29 is 0 Å². The van der Waals surface area contributed by atoms with Crippen LogP contribution in [0.2, 0.25) is 0 Å². The molecule has 0 aliphatic heterocycles. The van der Waals surface area contributed by atoms with Crippen molar-refractivity contribution in [1.82, 2.24) is 0 Å². The molecule has 0 amide bonds. The van der Waals surface area contributed by atoms with Gasteiger partial charge in [-0.3, -0.25) is 0 Å². The largest absolute Gasteiger partial charge is 0.0654 e. The molecule has 0 saturated carbocycles. The maximum atomic E-state index is 2.40. The van der Waals surface area contributed by atoms with E-state index in [0.717, 1.165) is 5.92 Å². The molecule has 1 rings (SSSR count). The quantitative estimate of drug-likeness (QED) is 0.584. The lowest BCUT2D eigenvalue weighted by Crippen LogP contribution is -2.29. The number of rotatable bonds is 7. The van der Waals surface area contributed by atoms with Gasteiger partial charge in [0.25, 0.3) is 0 Å². The van der Waals surface area contributed by atoms with Gasteiger partial charge < -0.3 is 0 Å². The summed E-state index contributed by atoms with van der Waals surface area (Å²) >= 11 is 0. The first-order valence-electron chi connectivity index (χ1n) is 7.18. The molecule has 0 spiro atoms. The summed E-state index contributed by atoms with van der Waals surface area (Å²) in [5, 5.41) is 0. The van der Waals surface area contributed by atoms with Crippen LogP contribution in [0.4, 0.5) is 0 Å². The van der Waals surface area contributed by atoms with Gasteiger partial charge in [0.15, 0.2) is 0 Å². The van der Waals surface area contributed by atoms with Crippen LogP contribution in [0.1, 0.15) is 58.9 Å². The Morgan fingerprint density at radius 1 is 0.941 bits per heavy atom. The van der Waals surface area contributed by atoms with Gasteiger partial charge in [-0.1, -0.05) is 70.9 Å². The number of hydrogen-bond acceptors (Lipinski definition) is 0. The molecule has 0 fully saturated rings. The molecule has 0 heterocycles. The Morgan fingerprint density at radius 3 is 1.88 bits per heavy atom. The van der Waals surface area contributed by atoms with Crippen LogP contribution < -0.4 is 0 Å². The van der Waals surface area contributed by atoms with Crippen molar-refractivity contribution in [2.45, 2.75) is 59.8 Å². The van der Waals surface area contributed by atoms with Crippen LogP contribution in [0.15, 0.2) is 30.3 Å². The van der Waals surface area contributed by atoms with E-state index >= 15 is 0 Å². The summed E-state index contributed by atoms with van der Waals surface area (Å²) < 4.78 is 0. The van der Waals surface area contributed by atoms with Gasteiger partial charge in [0, 0.05) is 0 Å². The standard InChI is InChI=1S/C17H28/c1-5-12-17(13-6-2,15(3)4)14-16-10-8-7-9-11-16/h7-11,15H,5-6,12-14H2,1-4H3.